The largest absolute Gasteiger partial charge is 0.380 e. The molecule has 0 spiro atoms. The van der Waals surface area contributed by atoms with Gasteiger partial charge < -0.3 is 4.74 Å². The number of ether oxygens (including phenoxy) is 1. The molecule has 1 aromatic heterocycles. The molecule has 0 aliphatic carbocycles. The van der Waals surface area contributed by atoms with E-state index in [-0.39, 0.29) is 11.8 Å². The zero-order valence-corrected chi connectivity index (χ0v) is 12.7. The maximum absolute atomic E-state index is 12.8. The smallest absolute Gasteiger partial charge is 0.237 e. The minimum Gasteiger partial charge on any atom is -0.380 e. The van der Waals surface area contributed by atoms with Gasteiger partial charge in [-0.25, -0.2) is 4.98 Å². The summed E-state index contributed by atoms with van der Waals surface area (Å²) in [4.78, 5) is 19.0. The Morgan fingerprint density at radius 2 is 2.42 bits per heavy atom. The first kappa shape index (κ1) is 13.1. The first-order valence-electron chi connectivity index (χ1n) is 6.63. The molecule has 3 heterocycles. The summed E-state index contributed by atoms with van der Waals surface area (Å²) in [6.45, 7) is 5.86. The van der Waals surface area contributed by atoms with E-state index in [0.29, 0.717) is 19.8 Å². The van der Waals surface area contributed by atoms with E-state index in [0.717, 1.165) is 16.7 Å². The third kappa shape index (κ3) is 1.82. The van der Waals surface area contributed by atoms with Gasteiger partial charge in [0, 0.05) is 35.3 Å². The third-order valence-electron chi connectivity index (χ3n) is 4.26. The van der Waals surface area contributed by atoms with Gasteiger partial charge in [-0.1, -0.05) is 0 Å². The Balaban J connectivity index is 2.19. The number of pyridine rings is 1. The maximum Gasteiger partial charge on any atom is 0.237 e. The van der Waals surface area contributed by atoms with E-state index in [9.17, 15) is 4.79 Å². The lowest BCUT2D eigenvalue weighted by molar-refractivity contribution is -0.137. The van der Waals surface area contributed by atoms with Gasteiger partial charge in [-0.3, -0.25) is 9.69 Å². The summed E-state index contributed by atoms with van der Waals surface area (Å²) in [5.41, 5.74) is 0.714. The van der Waals surface area contributed by atoms with Crippen LogP contribution in [0.1, 0.15) is 31.7 Å². The Labute approximate surface area is 121 Å². The molecule has 0 saturated carbocycles. The summed E-state index contributed by atoms with van der Waals surface area (Å²) in [6, 6.07) is 2.10. The summed E-state index contributed by atoms with van der Waals surface area (Å²) < 4.78 is 6.53. The number of amides is 1. The van der Waals surface area contributed by atoms with E-state index in [1.807, 2.05) is 13.8 Å². The zero-order chi connectivity index (χ0) is 13.6. The molecule has 2 aliphatic heterocycles. The molecule has 1 fully saturated rings. The number of nitrogens with zero attached hydrogens (tertiary/aromatic N) is 2. The minimum absolute atomic E-state index is 0.141. The van der Waals surface area contributed by atoms with Gasteiger partial charge in [0.05, 0.1) is 12.0 Å². The monoisotopic (exact) mass is 324 g/mol. The van der Waals surface area contributed by atoms with E-state index in [4.69, 9.17) is 4.74 Å². The Morgan fingerprint density at radius 3 is 3.16 bits per heavy atom. The summed E-state index contributed by atoms with van der Waals surface area (Å²) in [5, 5.41) is 0. The molecule has 0 aromatic carbocycles. The SMILES string of the molecule is CCN1C(=O)[C@@]2(C)COCC[C@H]2c2cc(Br)cnc21. The molecule has 2 aliphatic rings. The number of aromatic nitrogens is 1. The van der Waals surface area contributed by atoms with Crippen LogP contribution in [-0.4, -0.2) is 30.6 Å². The van der Waals surface area contributed by atoms with Crippen LogP contribution in [0.4, 0.5) is 5.82 Å². The van der Waals surface area contributed by atoms with Crippen molar-refractivity contribution in [3.05, 3.63) is 22.3 Å². The van der Waals surface area contributed by atoms with Gasteiger partial charge in [0.2, 0.25) is 5.91 Å². The number of halogens is 1. The minimum atomic E-state index is -0.455. The standard InChI is InChI=1S/C14H17BrN2O2/c1-3-17-12-10(6-9(15)7-16-12)11-4-5-19-8-14(11,2)13(17)18/h6-7,11H,3-5,8H2,1-2H3/t11-,14-/m0/s1. The highest BCUT2D eigenvalue weighted by atomic mass is 79.9. The second-order valence-electron chi connectivity index (χ2n) is 5.43. The molecule has 0 N–H and O–H groups in total. The van der Waals surface area contributed by atoms with Crippen LogP contribution in [0.3, 0.4) is 0 Å². The second kappa shape index (κ2) is 4.56. The number of hydrogen-bond donors (Lipinski definition) is 0. The summed E-state index contributed by atoms with van der Waals surface area (Å²) in [5.74, 6) is 1.17. The first-order chi connectivity index (χ1) is 9.08. The molecule has 19 heavy (non-hydrogen) atoms. The van der Waals surface area contributed by atoms with Crippen LogP contribution in [0.2, 0.25) is 0 Å². The predicted molar refractivity (Wildman–Crippen MR) is 76.2 cm³/mol. The lowest BCUT2D eigenvalue weighted by atomic mass is 9.68. The van der Waals surface area contributed by atoms with Crippen molar-refractivity contribution in [1.82, 2.24) is 4.98 Å². The van der Waals surface area contributed by atoms with Gasteiger partial charge in [0.15, 0.2) is 0 Å². The molecule has 5 heteroatoms. The fraction of sp³-hybridized carbons (Fsp3) is 0.571. The summed E-state index contributed by atoms with van der Waals surface area (Å²) in [6.07, 6.45) is 2.64. The Morgan fingerprint density at radius 1 is 1.63 bits per heavy atom. The van der Waals surface area contributed by atoms with Crippen molar-refractivity contribution < 1.29 is 9.53 Å². The molecule has 0 unspecified atom stereocenters. The van der Waals surface area contributed by atoms with Crippen LogP contribution in [-0.2, 0) is 9.53 Å². The van der Waals surface area contributed by atoms with Crippen molar-refractivity contribution in [2.45, 2.75) is 26.2 Å². The van der Waals surface area contributed by atoms with Gasteiger partial charge in [-0.05, 0) is 42.3 Å². The molecule has 1 saturated heterocycles. The lowest BCUT2D eigenvalue weighted by Gasteiger charge is -2.47. The predicted octanol–water partition coefficient (Wildman–Crippen LogP) is 2.72. The molecule has 2 atom stereocenters. The van der Waals surface area contributed by atoms with E-state index < -0.39 is 5.41 Å². The molecule has 0 radical (unpaired) electrons. The highest BCUT2D eigenvalue weighted by Crippen LogP contribution is 2.50. The van der Waals surface area contributed by atoms with E-state index >= 15 is 0 Å². The Bertz CT molecular complexity index is 534. The van der Waals surface area contributed by atoms with Crippen molar-refractivity contribution >= 4 is 27.7 Å². The number of rotatable bonds is 1. The van der Waals surface area contributed by atoms with Crippen molar-refractivity contribution in [2.24, 2.45) is 5.41 Å². The number of carbonyl (C=O) groups is 1. The second-order valence-corrected chi connectivity index (χ2v) is 6.34. The molecule has 4 nitrogen and oxygen atoms in total. The normalized spacial score (nSPS) is 29.9. The Kier molecular flexibility index (Phi) is 3.14. The van der Waals surface area contributed by atoms with Gasteiger partial charge in [0.1, 0.15) is 5.82 Å². The van der Waals surface area contributed by atoms with Crippen molar-refractivity contribution in [1.29, 1.82) is 0 Å². The molecule has 0 bridgehead atoms. The number of carbonyl (C=O) groups excluding carboxylic acids is 1. The van der Waals surface area contributed by atoms with Crippen LogP contribution in [0, 0.1) is 5.41 Å². The van der Waals surface area contributed by atoms with Gasteiger partial charge in [-0.15, -0.1) is 0 Å². The van der Waals surface area contributed by atoms with E-state index in [2.05, 4.69) is 27.0 Å². The van der Waals surface area contributed by atoms with Crippen LogP contribution in [0.5, 0.6) is 0 Å². The number of hydrogen-bond acceptors (Lipinski definition) is 3. The molecule has 3 rings (SSSR count). The van der Waals surface area contributed by atoms with Crippen LogP contribution in [0.15, 0.2) is 16.7 Å². The quantitative estimate of drug-likeness (QED) is 0.797. The average molecular weight is 325 g/mol. The van der Waals surface area contributed by atoms with Crippen LogP contribution < -0.4 is 4.90 Å². The third-order valence-corrected chi connectivity index (χ3v) is 4.70. The summed E-state index contributed by atoms with van der Waals surface area (Å²) in [7, 11) is 0. The number of anilines is 1. The molecular weight excluding hydrogens is 308 g/mol. The van der Waals surface area contributed by atoms with Crippen LogP contribution >= 0.6 is 15.9 Å². The zero-order valence-electron chi connectivity index (χ0n) is 11.1. The average Bonchev–Trinajstić information content (AvgIpc) is 2.40. The van der Waals surface area contributed by atoms with Crippen molar-refractivity contribution in [3.63, 3.8) is 0 Å². The van der Waals surface area contributed by atoms with Crippen LogP contribution in [0.25, 0.3) is 0 Å². The molecule has 1 amide bonds. The number of fused-ring (bicyclic) bond motifs is 3. The highest BCUT2D eigenvalue weighted by molar-refractivity contribution is 9.10. The highest BCUT2D eigenvalue weighted by Gasteiger charge is 2.51. The maximum atomic E-state index is 12.8. The van der Waals surface area contributed by atoms with Crippen molar-refractivity contribution in [3.8, 4) is 0 Å². The molecule has 1 aromatic rings. The summed E-state index contributed by atoms with van der Waals surface area (Å²) >= 11 is 3.48. The van der Waals surface area contributed by atoms with E-state index in [1.165, 1.54) is 5.56 Å². The lowest BCUT2D eigenvalue weighted by Crippen LogP contribution is -2.54. The van der Waals surface area contributed by atoms with E-state index in [1.54, 1.807) is 11.1 Å². The Hall–Kier alpha value is -0.940. The van der Waals surface area contributed by atoms with Gasteiger partial charge in [-0.2, -0.15) is 0 Å². The molecule has 102 valence electrons. The van der Waals surface area contributed by atoms with Crippen molar-refractivity contribution in [2.75, 3.05) is 24.7 Å². The fourth-order valence-electron chi connectivity index (χ4n) is 3.24. The van der Waals surface area contributed by atoms with Gasteiger partial charge in [0.25, 0.3) is 0 Å². The van der Waals surface area contributed by atoms with Gasteiger partial charge >= 0.3 is 0 Å². The topological polar surface area (TPSA) is 42.4 Å². The molecular formula is C14H17BrN2O2. The fourth-order valence-corrected chi connectivity index (χ4v) is 3.59. The first-order valence-corrected chi connectivity index (χ1v) is 7.42.